The highest BCUT2D eigenvalue weighted by molar-refractivity contribution is 5.16. The third-order valence-electron chi connectivity index (χ3n) is 2.32. The van der Waals surface area contributed by atoms with E-state index in [1.807, 2.05) is 0 Å². The van der Waals surface area contributed by atoms with Crippen LogP contribution in [0.5, 0.6) is 0 Å². The van der Waals surface area contributed by atoms with Gasteiger partial charge in [-0.05, 0) is 12.3 Å². The average molecular weight is 270 g/mol. The minimum atomic E-state index is 0.404. The summed E-state index contributed by atoms with van der Waals surface area (Å²) in [6.45, 7) is 11.4. The van der Waals surface area contributed by atoms with E-state index < -0.39 is 0 Å². The average Bonchev–Trinajstić information content (AvgIpc) is 2.78. The Kier molecular flexibility index (Phi) is 7.43. The molecule has 19 heavy (non-hydrogen) atoms. The van der Waals surface area contributed by atoms with Crippen LogP contribution in [0.4, 0.5) is 6.01 Å². The molecule has 0 atom stereocenters. The standard InChI is InChI=1S/C13H26N4O2/c1-10(2)9-18-7-5-6-14-13-17-16-12(19-13)8-15-11(3)4/h10-11,15H,5-9H2,1-4H3,(H,14,17). The lowest BCUT2D eigenvalue weighted by Crippen LogP contribution is -2.21. The molecule has 0 unspecified atom stereocenters. The highest BCUT2D eigenvalue weighted by atomic mass is 16.5. The van der Waals surface area contributed by atoms with Crippen LogP contribution in [0.2, 0.25) is 0 Å². The molecule has 0 amide bonds. The van der Waals surface area contributed by atoms with E-state index in [0.29, 0.717) is 30.4 Å². The minimum absolute atomic E-state index is 0.404. The van der Waals surface area contributed by atoms with Crippen molar-refractivity contribution < 1.29 is 9.15 Å². The van der Waals surface area contributed by atoms with Crippen molar-refractivity contribution in [1.29, 1.82) is 0 Å². The van der Waals surface area contributed by atoms with E-state index in [2.05, 4.69) is 48.5 Å². The highest BCUT2D eigenvalue weighted by Crippen LogP contribution is 2.05. The second-order valence-corrected chi connectivity index (χ2v) is 5.29. The summed E-state index contributed by atoms with van der Waals surface area (Å²) < 4.78 is 10.9. The maximum absolute atomic E-state index is 5.49. The molecule has 6 nitrogen and oxygen atoms in total. The molecule has 0 saturated carbocycles. The Hall–Kier alpha value is -1.14. The van der Waals surface area contributed by atoms with Gasteiger partial charge < -0.3 is 19.8 Å². The van der Waals surface area contributed by atoms with Crippen molar-refractivity contribution in [1.82, 2.24) is 15.5 Å². The molecular weight excluding hydrogens is 244 g/mol. The van der Waals surface area contributed by atoms with Crippen molar-refractivity contribution >= 4 is 6.01 Å². The van der Waals surface area contributed by atoms with E-state index in [9.17, 15) is 0 Å². The molecular formula is C13H26N4O2. The van der Waals surface area contributed by atoms with Crippen molar-refractivity contribution in [3.63, 3.8) is 0 Å². The molecule has 0 aromatic carbocycles. The summed E-state index contributed by atoms with van der Waals surface area (Å²) in [6.07, 6.45) is 0.925. The maximum Gasteiger partial charge on any atom is 0.315 e. The highest BCUT2D eigenvalue weighted by Gasteiger charge is 2.05. The fourth-order valence-electron chi connectivity index (χ4n) is 1.38. The number of nitrogens with one attached hydrogen (secondary N) is 2. The fraction of sp³-hybridized carbons (Fsp3) is 0.846. The molecule has 1 aromatic rings. The number of nitrogens with zero attached hydrogens (tertiary/aromatic N) is 2. The van der Waals surface area contributed by atoms with Gasteiger partial charge in [-0.2, -0.15) is 0 Å². The molecule has 1 rings (SSSR count). The summed E-state index contributed by atoms with van der Waals surface area (Å²) in [6, 6.07) is 0.880. The third-order valence-corrected chi connectivity index (χ3v) is 2.32. The monoisotopic (exact) mass is 270 g/mol. The van der Waals surface area contributed by atoms with Crippen LogP contribution in [0.3, 0.4) is 0 Å². The number of ether oxygens (including phenoxy) is 1. The van der Waals surface area contributed by atoms with Crippen LogP contribution in [-0.2, 0) is 11.3 Å². The normalized spacial score (nSPS) is 11.5. The van der Waals surface area contributed by atoms with Gasteiger partial charge in [0.2, 0.25) is 5.89 Å². The predicted molar refractivity (Wildman–Crippen MR) is 75.0 cm³/mol. The summed E-state index contributed by atoms with van der Waals surface area (Å²) in [7, 11) is 0. The van der Waals surface area contributed by atoms with Gasteiger partial charge in [0.05, 0.1) is 6.54 Å². The van der Waals surface area contributed by atoms with Crippen molar-refractivity contribution in [2.45, 2.75) is 46.7 Å². The molecule has 0 bridgehead atoms. The topological polar surface area (TPSA) is 72.2 Å². The first kappa shape index (κ1) is 15.9. The van der Waals surface area contributed by atoms with E-state index in [1.165, 1.54) is 0 Å². The lowest BCUT2D eigenvalue weighted by molar-refractivity contribution is 0.109. The van der Waals surface area contributed by atoms with Crippen molar-refractivity contribution in [3.8, 4) is 0 Å². The molecule has 2 N–H and O–H groups in total. The zero-order chi connectivity index (χ0) is 14.1. The second-order valence-electron chi connectivity index (χ2n) is 5.29. The largest absolute Gasteiger partial charge is 0.407 e. The molecule has 1 aromatic heterocycles. The van der Waals surface area contributed by atoms with E-state index >= 15 is 0 Å². The smallest absolute Gasteiger partial charge is 0.315 e. The number of aromatic nitrogens is 2. The number of hydrogen-bond acceptors (Lipinski definition) is 6. The molecule has 0 spiro atoms. The van der Waals surface area contributed by atoms with Gasteiger partial charge >= 0.3 is 6.01 Å². The summed E-state index contributed by atoms with van der Waals surface area (Å²) in [4.78, 5) is 0. The van der Waals surface area contributed by atoms with Gasteiger partial charge in [0.1, 0.15) is 0 Å². The number of anilines is 1. The molecule has 0 fully saturated rings. The van der Waals surface area contributed by atoms with Crippen molar-refractivity contribution in [2.75, 3.05) is 25.1 Å². The zero-order valence-corrected chi connectivity index (χ0v) is 12.4. The van der Waals surface area contributed by atoms with E-state index in [1.54, 1.807) is 0 Å². The van der Waals surface area contributed by atoms with E-state index in [-0.39, 0.29) is 0 Å². The molecule has 0 saturated heterocycles. The number of rotatable bonds is 10. The molecule has 1 heterocycles. The summed E-state index contributed by atoms with van der Waals surface area (Å²) >= 11 is 0. The van der Waals surface area contributed by atoms with E-state index in [4.69, 9.17) is 9.15 Å². The fourth-order valence-corrected chi connectivity index (χ4v) is 1.38. The Balaban J connectivity index is 2.09. The summed E-state index contributed by atoms with van der Waals surface area (Å²) in [5.41, 5.74) is 0. The van der Waals surface area contributed by atoms with Gasteiger partial charge in [-0.1, -0.05) is 32.8 Å². The summed E-state index contributed by atoms with van der Waals surface area (Å²) in [5, 5.41) is 14.2. The van der Waals surface area contributed by atoms with Gasteiger partial charge in [-0.15, -0.1) is 5.10 Å². The summed E-state index contributed by atoms with van der Waals surface area (Å²) in [5.74, 6) is 1.19. The van der Waals surface area contributed by atoms with Gasteiger partial charge in [-0.25, -0.2) is 0 Å². The molecule has 0 aliphatic carbocycles. The lowest BCUT2D eigenvalue weighted by atomic mass is 10.2. The Labute approximate surface area is 115 Å². The first-order chi connectivity index (χ1) is 9.08. The van der Waals surface area contributed by atoms with E-state index in [0.717, 1.165) is 26.2 Å². The third kappa shape index (κ3) is 7.79. The van der Waals surface area contributed by atoms with Crippen LogP contribution in [0.1, 0.15) is 40.0 Å². The Morgan fingerprint density at radius 1 is 1.21 bits per heavy atom. The minimum Gasteiger partial charge on any atom is -0.407 e. The van der Waals surface area contributed by atoms with Crippen molar-refractivity contribution in [2.24, 2.45) is 5.92 Å². The zero-order valence-electron chi connectivity index (χ0n) is 12.4. The molecule has 110 valence electrons. The van der Waals surface area contributed by atoms with Crippen LogP contribution >= 0.6 is 0 Å². The van der Waals surface area contributed by atoms with Gasteiger partial charge in [0.25, 0.3) is 0 Å². The Morgan fingerprint density at radius 3 is 2.68 bits per heavy atom. The predicted octanol–water partition coefficient (Wildman–Crippen LogP) is 2.04. The van der Waals surface area contributed by atoms with Crippen molar-refractivity contribution in [3.05, 3.63) is 5.89 Å². The maximum atomic E-state index is 5.49. The lowest BCUT2D eigenvalue weighted by Gasteiger charge is -2.06. The SMILES string of the molecule is CC(C)COCCCNc1nnc(CNC(C)C)o1. The van der Waals surface area contributed by atoms with Crippen LogP contribution in [0, 0.1) is 5.92 Å². The van der Waals surface area contributed by atoms with Gasteiger partial charge in [0.15, 0.2) is 0 Å². The molecule has 6 heteroatoms. The van der Waals surface area contributed by atoms with Crippen LogP contribution in [-0.4, -0.2) is 36.0 Å². The Bertz CT molecular complexity index is 339. The van der Waals surface area contributed by atoms with Gasteiger partial charge in [-0.3, -0.25) is 0 Å². The molecule has 0 aliphatic heterocycles. The van der Waals surface area contributed by atoms with Crippen LogP contribution in [0.25, 0.3) is 0 Å². The first-order valence-electron chi connectivity index (χ1n) is 6.95. The first-order valence-corrected chi connectivity index (χ1v) is 6.95. The van der Waals surface area contributed by atoms with Crippen LogP contribution in [0.15, 0.2) is 4.42 Å². The quantitative estimate of drug-likeness (QED) is 0.634. The van der Waals surface area contributed by atoms with Crippen LogP contribution < -0.4 is 10.6 Å². The second kappa shape index (κ2) is 8.87. The molecule has 0 radical (unpaired) electrons. The van der Waals surface area contributed by atoms with Gasteiger partial charge in [0, 0.05) is 25.8 Å². The number of hydrogen-bond donors (Lipinski definition) is 2. The molecule has 0 aliphatic rings. The Morgan fingerprint density at radius 2 is 2.00 bits per heavy atom.